The van der Waals surface area contributed by atoms with Crippen LogP contribution in [0.1, 0.15) is 41.9 Å². The highest BCUT2D eigenvalue weighted by Gasteiger charge is 2.15. The number of aromatic amines is 1. The van der Waals surface area contributed by atoms with Crippen molar-refractivity contribution in [3.8, 4) is 5.75 Å². The second-order valence-corrected chi connectivity index (χ2v) is 6.03. The number of amides is 1. The summed E-state index contributed by atoms with van der Waals surface area (Å²) in [6.45, 7) is 1.47. The summed E-state index contributed by atoms with van der Waals surface area (Å²) in [7, 11) is 0. The van der Waals surface area contributed by atoms with Gasteiger partial charge in [0.05, 0.1) is 11.8 Å². The maximum Gasteiger partial charge on any atom is 0.271 e. The van der Waals surface area contributed by atoms with Gasteiger partial charge in [0.15, 0.2) is 11.6 Å². The van der Waals surface area contributed by atoms with Crippen molar-refractivity contribution in [2.24, 2.45) is 0 Å². The molecular weight excluding hydrogens is 325 g/mol. The molecule has 3 rings (SSSR count). The molecule has 1 aliphatic heterocycles. The Labute approximate surface area is 145 Å². The summed E-state index contributed by atoms with van der Waals surface area (Å²) >= 11 is 0. The summed E-state index contributed by atoms with van der Waals surface area (Å²) in [4.78, 5) is 12.1. The van der Waals surface area contributed by atoms with E-state index < -0.39 is 5.82 Å². The van der Waals surface area contributed by atoms with Gasteiger partial charge in [0.25, 0.3) is 5.91 Å². The lowest BCUT2D eigenvalue weighted by Crippen LogP contribution is -2.29. The zero-order valence-corrected chi connectivity index (χ0v) is 14.0. The van der Waals surface area contributed by atoms with E-state index in [-0.39, 0.29) is 30.1 Å². The van der Waals surface area contributed by atoms with Gasteiger partial charge in [-0.05, 0) is 43.9 Å². The highest BCUT2D eigenvalue weighted by molar-refractivity contribution is 5.92. The van der Waals surface area contributed by atoms with Crippen LogP contribution in [-0.2, 0) is 11.3 Å². The fraction of sp³-hybridized carbons (Fsp3) is 0.444. The Morgan fingerprint density at radius 2 is 2.28 bits per heavy atom. The van der Waals surface area contributed by atoms with Crippen LogP contribution in [0.15, 0.2) is 30.3 Å². The van der Waals surface area contributed by atoms with Crippen LogP contribution in [0.3, 0.4) is 0 Å². The fourth-order valence-corrected chi connectivity index (χ4v) is 2.74. The summed E-state index contributed by atoms with van der Waals surface area (Å²) in [5.74, 6) is -0.510. The van der Waals surface area contributed by atoms with Crippen molar-refractivity contribution < 1.29 is 18.7 Å². The molecule has 2 N–H and O–H groups in total. The van der Waals surface area contributed by atoms with Crippen LogP contribution >= 0.6 is 0 Å². The highest BCUT2D eigenvalue weighted by Crippen LogP contribution is 2.17. The molecule has 1 amide bonds. The first-order valence-corrected chi connectivity index (χ1v) is 8.54. The molecule has 25 heavy (non-hydrogen) atoms. The third kappa shape index (κ3) is 5.03. The average molecular weight is 347 g/mol. The van der Waals surface area contributed by atoms with E-state index in [1.54, 1.807) is 24.3 Å². The minimum atomic E-state index is -0.426. The molecule has 1 aromatic carbocycles. The second-order valence-electron chi connectivity index (χ2n) is 6.03. The largest absolute Gasteiger partial charge is 0.484 e. The maximum atomic E-state index is 13.5. The van der Waals surface area contributed by atoms with Gasteiger partial charge in [-0.1, -0.05) is 12.1 Å². The van der Waals surface area contributed by atoms with Crippen molar-refractivity contribution in [3.63, 3.8) is 0 Å². The van der Waals surface area contributed by atoms with Crippen LogP contribution in [0.5, 0.6) is 5.75 Å². The predicted octanol–water partition coefficient (Wildman–Crippen LogP) is 2.82. The van der Waals surface area contributed by atoms with Gasteiger partial charge in [-0.2, -0.15) is 5.10 Å². The maximum absolute atomic E-state index is 13.5. The molecule has 6 nitrogen and oxygen atoms in total. The Bertz CT molecular complexity index is 698. The van der Waals surface area contributed by atoms with Crippen LogP contribution in [-0.4, -0.2) is 35.4 Å². The normalized spacial score (nSPS) is 17.2. The Hall–Kier alpha value is -2.41. The molecule has 0 saturated carbocycles. The molecule has 1 saturated heterocycles. The molecule has 134 valence electrons. The summed E-state index contributed by atoms with van der Waals surface area (Å²) < 4.78 is 24.5. The standard InChI is InChI=1S/C18H22FN3O3/c19-15-6-1-2-7-17(15)25-12-13-11-16(22-21-13)18(23)20-9-8-14-5-3-4-10-24-14/h1-2,6-7,11,14H,3-5,8-10,12H2,(H,20,23)(H,21,22)/t14-/m0/s1. The van der Waals surface area contributed by atoms with Crippen LogP contribution < -0.4 is 10.1 Å². The van der Waals surface area contributed by atoms with Gasteiger partial charge in [0.2, 0.25) is 0 Å². The monoisotopic (exact) mass is 347 g/mol. The summed E-state index contributed by atoms with van der Waals surface area (Å²) in [5, 5.41) is 9.55. The predicted molar refractivity (Wildman–Crippen MR) is 89.9 cm³/mol. The number of carbonyl (C=O) groups is 1. The molecule has 0 spiro atoms. The minimum absolute atomic E-state index is 0.108. The van der Waals surface area contributed by atoms with Crippen molar-refractivity contribution >= 4 is 5.91 Å². The number of carbonyl (C=O) groups excluding carboxylic acids is 1. The number of halogens is 1. The number of aromatic nitrogens is 2. The number of nitrogens with zero attached hydrogens (tertiary/aromatic N) is 1. The first kappa shape index (κ1) is 17.4. The lowest BCUT2D eigenvalue weighted by molar-refractivity contribution is 0.0117. The topological polar surface area (TPSA) is 76.2 Å². The van der Waals surface area contributed by atoms with Crippen LogP contribution in [0.4, 0.5) is 4.39 Å². The highest BCUT2D eigenvalue weighted by atomic mass is 19.1. The Balaban J connectivity index is 1.44. The molecule has 0 unspecified atom stereocenters. The zero-order valence-electron chi connectivity index (χ0n) is 14.0. The number of nitrogens with one attached hydrogen (secondary N) is 2. The SMILES string of the molecule is O=C(NCC[C@@H]1CCCCO1)c1cc(COc2ccccc2F)[nH]n1. The van der Waals surface area contributed by atoms with Crippen molar-refractivity contribution in [3.05, 3.63) is 47.5 Å². The number of H-pyrrole nitrogens is 1. The van der Waals surface area contributed by atoms with E-state index in [0.717, 1.165) is 25.9 Å². The van der Waals surface area contributed by atoms with E-state index >= 15 is 0 Å². The molecule has 1 atom stereocenters. The van der Waals surface area contributed by atoms with E-state index in [4.69, 9.17) is 9.47 Å². The molecule has 1 fully saturated rings. The van der Waals surface area contributed by atoms with Gasteiger partial charge in [-0.3, -0.25) is 9.89 Å². The third-order valence-electron chi connectivity index (χ3n) is 4.11. The first-order valence-electron chi connectivity index (χ1n) is 8.54. The van der Waals surface area contributed by atoms with Crippen LogP contribution in [0.25, 0.3) is 0 Å². The molecule has 2 heterocycles. The van der Waals surface area contributed by atoms with Crippen LogP contribution in [0, 0.1) is 5.82 Å². The number of hydrogen-bond acceptors (Lipinski definition) is 4. The second kappa shape index (κ2) is 8.62. The lowest BCUT2D eigenvalue weighted by Gasteiger charge is -2.22. The van der Waals surface area contributed by atoms with E-state index in [1.165, 1.54) is 12.5 Å². The zero-order chi connectivity index (χ0) is 17.5. The van der Waals surface area contributed by atoms with Crippen molar-refractivity contribution in [2.75, 3.05) is 13.2 Å². The van der Waals surface area contributed by atoms with Gasteiger partial charge < -0.3 is 14.8 Å². The van der Waals surface area contributed by atoms with Crippen molar-refractivity contribution in [1.29, 1.82) is 0 Å². The average Bonchev–Trinajstić information content (AvgIpc) is 3.11. The molecule has 0 radical (unpaired) electrons. The van der Waals surface area contributed by atoms with E-state index in [2.05, 4.69) is 15.5 Å². The summed E-state index contributed by atoms with van der Waals surface area (Å²) in [6.07, 6.45) is 4.39. The Morgan fingerprint density at radius 1 is 1.40 bits per heavy atom. The van der Waals surface area contributed by atoms with Crippen LogP contribution in [0.2, 0.25) is 0 Å². The third-order valence-corrected chi connectivity index (χ3v) is 4.11. The molecule has 0 aliphatic carbocycles. The summed E-state index contributed by atoms with van der Waals surface area (Å²) in [6, 6.07) is 7.77. The summed E-state index contributed by atoms with van der Waals surface area (Å²) in [5.41, 5.74) is 0.890. The minimum Gasteiger partial charge on any atom is -0.484 e. The van der Waals surface area contributed by atoms with Gasteiger partial charge in [0, 0.05) is 13.2 Å². The number of ether oxygens (including phenoxy) is 2. The van der Waals surface area contributed by atoms with Gasteiger partial charge in [0.1, 0.15) is 12.3 Å². The molecule has 1 aromatic heterocycles. The number of para-hydroxylation sites is 1. The molecule has 7 heteroatoms. The van der Waals surface area contributed by atoms with E-state index in [0.29, 0.717) is 12.2 Å². The van der Waals surface area contributed by atoms with Gasteiger partial charge in [-0.25, -0.2) is 4.39 Å². The lowest BCUT2D eigenvalue weighted by atomic mass is 10.1. The Morgan fingerprint density at radius 3 is 3.08 bits per heavy atom. The van der Waals surface area contributed by atoms with Gasteiger partial charge >= 0.3 is 0 Å². The molecule has 0 bridgehead atoms. The van der Waals surface area contributed by atoms with Gasteiger partial charge in [-0.15, -0.1) is 0 Å². The van der Waals surface area contributed by atoms with E-state index in [9.17, 15) is 9.18 Å². The van der Waals surface area contributed by atoms with Crippen molar-refractivity contribution in [1.82, 2.24) is 15.5 Å². The quantitative estimate of drug-likeness (QED) is 0.807. The molecule has 2 aromatic rings. The number of hydrogen-bond donors (Lipinski definition) is 2. The van der Waals surface area contributed by atoms with E-state index in [1.807, 2.05) is 0 Å². The smallest absolute Gasteiger partial charge is 0.271 e. The molecule has 1 aliphatic rings. The fourth-order valence-electron chi connectivity index (χ4n) is 2.74. The molecular formula is C18H22FN3O3. The number of rotatable bonds is 7. The number of benzene rings is 1. The Kier molecular flexibility index (Phi) is 6.00. The first-order chi connectivity index (χ1) is 12.2. The van der Waals surface area contributed by atoms with Crippen molar-refractivity contribution in [2.45, 2.75) is 38.4 Å².